The zero-order chi connectivity index (χ0) is 14.8. The molecule has 1 saturated heterocycles. The zero-order valence-electron chi connectivity index (χ0n) is 11.9. The molecule has 1 fully saturated rings. The maximum Gasteiger partial charge on any atom is 0.161 e. The van der Waals surface area contributed by atoms with E-state index in [1.54, 1.807) is 12.1 Å². The molecule has 1 aromatic rings. The van der Waals surface area contributed by atoms with Gasteiger partial charge in [0.1, 0.15) is 0 Å². The van der Waals surface area contributed by atoms with Crippen molar-refractivity contribution in [3.8, 4) is 0 Å². The Kier molecular flexibility index (Phi) is 4.68. The number of benzene rings is 1. The summed E-state index contributed by atoms with van der Waals surface area (Å²) in [7, 11) is 1.91. The highest BCUT2D eigenvalue weighted by Crippen LogP contribution is 2.27. The summed E-state index contributed by atoms with van der Waals surface area (Å²) in [6, 6.07) is 5.34. The van der Waals surface area contributed by atoms with E-state index in [0.717, 1.165) is 5.69 Å². The van der Waals surface area contributed by atoms with E-state index >= 15 is 0 Å². The van der Waals surface area contributed by atoms with Gasteiger partial charge in [0, 0.05) is 50.9 Å². The minimum atomic E-state index is -0.723. The van der Waals surface area contributed by atoms with Gasteiger partial charge in [-0.25, -0.2) is 0 Å². The largest absolute Gasteiger partial charge is 0.388 e. The van der Waals surface area contributed by atoms with E-state index < -0.39 is 5.60 Å². The third-order valence-corrected chi connectivity index (χ3v) is 4.04. The number of anilines is 1. The van der Waals surface area contributed by atoms with Crippen LogP contribution in [0.2, 0.25) is 5.02 Å². The van der Waals surface area contributed by atoms with Crippen LogP contribution in [-0.2, 0) is 4.74 Å². The van der Waals surface area contributed by atoms with Gasteiger partial charge in [-0.1, -0.05) is 11.6 Å². The molecule has 1 aromatic carbocycles. The number of likely N-dealkylation sites (N-methyl/N-ethyl adjacent to an activating group) is 1. The molecule has 1 N–H and O–H groups in total. The molecule has 110 valence electrons. The number of carbonyl (C=O) groups is 1. The first-order valence-corrected chi connectivity index (χ1v) is 7.11. The molecule has 0 bridgehead atoms. The van der Waals surface area contributed by atoms with Gasteiger partial charge in [0.2, 0.25) is 0 Å². The Morgan fingerprint density at radius 1 is 1.45 bits per heavy atom. The van der Waals surface area contributed by atoms with Crippen LogP contribution >= 0.6 is 11.6 Å². The minimum absolute atomic E-state index is 0.0488. The molecule has 5 heteroatoms. The number of hydrogen-bond acceptors (Lipinski definition) is 4. The average Bonchev–Trinajstić information content (AvgIpc) is 2.38. The lowest BCUT2D eigenvalue weighted by atomic mass is 9.93. The van der Waals surface area contributed by atoms with Crippen LogP contribution in [0.5, 0.6) is 0 Å². The Morgan fingerprint density at radius 2 is 2.10 bits per heavy atom. The number of nitrogens with zero attached hydrogens (tertiary/aromatic N) is 1. The number of carbonyl (C=O) groups excluding carboxylic acids is 1. The SMILES string of the molecule is CC(=O)c1ccc(N(C)CC2(O)CCOCC2)cc1Cl. The fraction of sp³-hybridized carbons (Fsp3) is 0.533. The highest BCUT2D eigenvalue weighted by atomic mass is 35.5. The molecule has 0 aromatic heterocycles. The van der Waals surface area contributed by atoms with Crippen molar-refractivity contribution in [2.75, 3.05) is 31.7 Å². The minimum Gasteiger partial charge on any atom is -0.388 e. The predicted octanol–water partition coefficient (Wildman–Crippen LogP) is 2.52. The second-order valence-corrected chi connectivity index (χ2v) is 5.82. The molecule has 0 saturated carbocycles. The van der Waals surface area contributed by atoms with Gasteiger partial charge in [0.15, 0.2) is 5.78 Å². The molecule has 0 unspecified atom stereocenters. The number of halogens is 1. The summed E-state index contributed by atoms with van der Waals surface area (Å²) in [6.07, 6.45) is 1.27. The molecule has 4 nitrogen and oxygen atoms in total. The summed E-state index contributed by atoms with van der Waals surface area (Å²) in [5, 5.41) is 11.0. The van der Waals surface area contributed by atoms with Crippen molar-refractivity contribution in [1.29, 1.82) is 0 Å². The van der Waals surface area contributed by atoms with Crippen molar-refractivity contribution in [3.05, 3.63) is 28.8 Å². The van der Waals surface area contributed by atoms with Crippen LogP contribution in [-0.4, -0.2) is 43.3 Å². The van der Waals surface area contributed by atoms with Gasteiger partial charge in [-0.2, -0.15) is 0 Å². The molecular weight excluding hydrogens is 278 g/mol. The highest BCUT2D eigenvalue weighted by Gasteiger charge is 2.31. The van der Waals surface area contributed by atoms with Crippen molar-refractivity contribution in [2.45, 2.75) is 25.4 Å². The lowest BCUT2D eigenvalue weighted by Crippen LogP contribution is -2.45. The van der Waals surface area contributed by atoms with Crippen molar-refractivity contribution in [1.82, 2.24) is 0 Å². The molecule has 20 heavy (non-hydrogen) atoms. The standard InChI is InChI=1S/C15H20ClNO3/c1-11(18)13-4-3-12(9-14(13)16)17(2)10-15(19)5-7-20-8-6-15/h3-4,9,19H,5-8,10H2,1-2H3. The number of ether oxygens (including phenoxy) is 1. The molecule has 0 amide bonds. The van der Waals surface area contributed by atoms with Gasteiger partial charge >= 0.3 is 0 Å². The van der Waals surface area contributed by atoms with Crippen molar-refractivity contribution < 1.29 is 14.6 Å². The van der Waals surface area contributed by atoms with Crippen LogP contribution in [0.15, 0.2) is 18.2 Å². The summed E-state index contributed by atoms with van der Waals surface area (Å²) in [6.45, 7) is 3.20. The van der Waals surface area contributed by atoms with Gasteiger partial charge in [0.25, 0.3) is 0 Å². The molecule has 0 radical (unpaired) electrons. The predicted molar refractivity (Wildman–Crippen MR) is 79.7 cm³/mol. The number of Topliss-reactive ketones (excluding diaryl/α,β-unsaturated/α-hetero) is 1. The Balaban J connectivity index is 2.11. The molecule has 0 spiro atoms. The molecular formula is C15H20ClNO3. The Bertz CT molecular complexity index is 498. The molecule has 2 rings (SSSR count). The molecule has 1 aliphatic heterocycles. The molecule has 1 aliphatic rings. The smallest absolute Gasteiger partial charge is 0.161 e. The summed E-state index contributed by atoms with van der Waals surface area (Å²) in [5.41, 5.74) is 0.687. The summed E-state index contributed by atoms with van der Waals surface area (Å²) in [5.74, 6) is -0.0488. The third-order valence-electron chi connectivity index (χ3n) is 3.73. The number of aliphatic hydroxyl groups is 1. The lowest BCUT2D eigenvalue weighted by Gasteiger charge is -2.36. The topological polar surface area (TPSA) is 49.8 Å². The van der Waals surface area contributed by atoms with Gasteiger partial charge < -0.3 is 14.7 Å². The van der Waals surface area contributed by atoms with Gasteiger partial charge in [-0.15, -0.1) is 0 Å². The van der Waals surface area contributed by atoms with Gasteiger partial charge in [-0.3, -0.25) is 4.79 Å². The highest BCUT2D eigenvalue weighted by molar-refractivity contribution is 6.34. The number of ketones is 1. The van der Waals surface area contributed by atoms with Crippen LogP contribution in [0.3, 0.4) is 0 Å². The number of rotatable bonds is 4. The van der Waals surface area contributed by atoms with Crippen molar-refractivity contribution in [3.63, 3.8) is 0 Å². The summed E-state index contributed by atoms with van der Waals surface area (Å²) >= 11 is 6.12. The van der Waals surface area contributed by atoms with Gasteiger partial charge in [0.05, 0.1) is 10.6 Å². The Morgan fingerprint density at radius 3 is 2.65 bits per heavy atom. The van der Waals surface area contributed by atoms with E-state index in [2.05, 4.69) is 0 Å². The van der Waals surface area contributed by atoms with Crippen LogP contribution in [0.25, 0.3) is 0 Å². The van der Waals surface area contributed by atoms with E-state index in [-0.39, 0.29) is 5.78 Å². The van der Waals surface area contributed by atoms with E-state index in [1.807, 2.05) is 18.0 Å². The first-order chi connectivity index (χ1) is 9.41. The maximum absolute atomic E-state index is 11.4. The summed E-state index contributed by atoms with van der Waals surface area (Å²) < 4.78 is 5.28. The third kappa shape index (κ3) is 3.51. The van der Waals surface area contributed by atoms with Gasteiger partial charge in [-0.05, 0) is 25.1 Å². The van der Waals surface area contributed by atoms with Crippen LogP contribution in [0.1, 0.15) is 30.1 Å². The first kappa shape index (κ1) is 15.3. The van der Waals surface area contributed by atoms with E-state index in [0.29, 0.717) is 43.2 Å². The van der Waals surface area contributed by atoms with Crippen molar-refractivity contribution in [2.24, 2.45) is 0 Å². The second-order valence-electron chi connectivity index (χ2n) is 5.41. The van der Waals surface area contributed by atoms with E-state index in [9.17, 15) is 9.90 Å². The monoisotopic (exact) mass is 297 g/mol. The first-order valence-electron chi connectivity index (χ1n) is 6.73. The second kappa shape index (κ2) is 6.12. The lowest BCUT2D eigenvalue weighted by molar-refractivity contribution is -0.0572. The maximum atomic E-state index is 11.4. The van der Waals surface area contributed by atoms with Crippen molar-refractivity contribution >= 4 is 23.1 Å². The van der Waals surface area contributed by atoms with E-state index in [1.165, 1.54) is 6.92 Å². The summed E-state index contributed by atoms with van der Waals surface area (Å²) in [4.78, 5) is 13.3. The fourth-order valence-electron chi connectivity index (χ4n) is 2.47. The molecule has 1 heterocycles. The van der Waals surface area contributed by atoms with Crippen LogP contribution in [0.4, 0.5) is 5.69 Å². The molecule has 0 atom stereocenters. The fourth-order valence-corrected chi connectivity index (χ4v) is 2.78. The quantitative estimate of drug-likeness (QED) is 0.868. The van der Waals surface area contributed by atoms with E-state index in [4.69, 9.17) is 16.3 Å². The normalized spacial score (nSPS) is 17.8. The number of hydrogen-bond donors (Lipinski definition) is 1. The Hall–Kier alpha value is -1.10. The molecule has 0 aliphatic carbocycles. The van der Waals surface area contributed by atoms with Crippen LogP contribution in [0, 0.1) is 0 Å². The zero-order valence-corrected chi connectivity index (χ0v) is 12.6. The Labute approximate surface area is 124 Å². The average molecular weight is 298 g/mol. The van der Waals surface area contributed by atoms with Crippen LogP contribution < -0.4 is 4.90 Å².